The van der Waals surface area contributed by atoms with Crippen LogP contribution in [0.2, 0.25) is 0 Å². The van der Waals surface area contributed by atoms with Gasteiger partial charge in [-0.25, -0.2) is 0 Å². The van der Waals surface area contributed by atoms with E-state index in [0.717, 1.165) is 5.01 Å². The van der Waals surface area contributed by atoms with Gasteiger partial charge < -0.3 is 0 Å². The van der Waals surface area contributed by atoms with Crippen LogP contribution in [0.4, 0.5) is 0 Å². The summed E-state index contributed by atoms with van der Waals surface area (Å²) in [7, 11) is 0. The van der Waals surface area contributed by atoms with Gasteiger partial charge in [0.15, 0.2) is 0 Å². The Morgan fingerprint density at radius 3 is 2.56 bits per heavy atom. The van der Waals surface area contributed by atoms with Gasteiger partial charge in [0.2, 0.25) is 5.91 Å². The number of carbonyl (C=O) groups excluding carboxylic acids is 1. The summed E-state index contributed by atoms with van der Waals surface area (Å²) < 4.78 is 0. The van der Waals surface area contributed by atoms with Gasteiger partial charge in [0.1, 0.15) is 0 Å². The fraction of sp³-hybridized carbons (Fsp3) is 0.400. The molecule has 0 fully saturated rings. The summed E-state index contributed by atoms with van der Waals surface area (Å²) in [6, 6.07) is 0. The Bertz CT molecular complexity index is 133. The third-order valence-electron chi connectivity index (χ3n) is 0.764. The molecule has 0 N–H and O–H groups in total. The van der Waals surface area contributed by atoms with E-state index in [0.29, 0.717) is 0 Å². The second-order valence-corrected chi connectivity index (χ2v) is 1.47. The monoisotopic (exact) mass is 128 g/mol. The maximum Gasteiger partial charge on any atom is 0.242 e. The highest BCUT2D eigenvalue weighted by molar-refractivity contribution is 5.72. The minimum Gasteiger partial charge on any atom is -0.273 e. The van der Waals surface area contributed by atoms with Crippen LogP contribution in [0, 0.1) is 4.91 Å². The van der Waals surface area contributed by atoms with E-state index in [1.165, 1.54) is 13.0 Å². The first-order chi connectivity index (χ1) is 4.22. The molecule has 0 heterocycles. The fourth-order valence-electron chi connectivity index (χ4n) is 0.342. The van der Waals surface area contributed by atoms with Gasteiger partial charge in [-0.3, -0.25) is 4.79 Å². The summed E-state index contributed by atoms with van der Waals surface area (Å²) in [4.78, 5) is 20.1. The first-order valence-corrected chi connectivity index (χ1v) is 2.44. The molecule has 0 aromatic rings. The predicted octanol–water partition coefficient (Wildman–Crippen LogP) is 0.702. The highest BCUT2D eigenvalue weighted by Gasteiger charge is 2.03. The molecule has 0 radical (unpaired) electrons. The lowest BCUT2D eigenvalue weighted by Gasteiger charge is -2.04. The average Bonchev–Trinajstić information content (AvgIpc) is 1.82. The van der Waals surface area contributed by atoms with Crippen molar-refractivity contribution in [2.24, 2.45) is 5.29 Å². The second-order valence-electron chi connectivity index (χ2n) is 1.47. The second kappa shape index (κ2) is 3.77. The van der Waals surface area contributed by atoms with Crippen molar-refractivity contribution in [1.29, 1.82) is 0 Å². The lowest BCUT2D eigenvalue weighted by molar-refractivity contribution is -0.128. The van der Waals surface area contributed by atoms with Gasteiger partial charge in [0.25, 0.3) is 0 Å². The highest BCUT2D eigenvalue weighted by Crippen LogP contribution is 1.88. The van der Waals surface area contributed by atoms with E-state index in [-0.39, 0.29) is 12.5 Å². The van der Waals surface area contributed by atoms with Crippen molar-refractivity contribution in [2.75, 3.05) is 6.54 Å². The Kier molecular flexibility index (Phi) is 3.27. The molecule has 4 heteroatoms. The molecule has 0 unspecified atom stereocenters. The number of nitroso groups, excluding NO2 is 1. The third kappa shape index (κ3) is 2.58. The van der Waals surface area contributed by atoms with Gasteiger partial charge in [-0.1, -0.05) is 6.08 Å². The van der Waals surface area contributed by atoms with Crippen molar-refractivity contribution in [1.82, 2.24) is 5.01 Å². The third-order valence-corrected chi connectivity index (χ3v) is 0.764. The number of rotatable bonds is 3. The molecule has 0 aliphatic carbocycles. The minimum atomic E-state index is -0.370. The Morgan fingerprint density at radius 2 is 2.44 bits per heavy atom. The first-order valence-electron chi connectivity index (χ1n) is 2.44. The molecular weight excluding hydrogens is 120 g/mol. The molecule has 0 rings (SSSR count). The Hall–Kier alpha value is -1.19. The normalized spacial score (nSPS) is 8.11. The van der Waals surface area contributed by atoms with Gasteiger partial charge in [-0.05, 0) is 0 Å². The van der Waals surface area contributed by atoms with Crippen LogP contribution in [0.1, 0.15) is 6.92 Å². The zero-order chi connectivity index (χ0) is 7.28. The Balaban J connectivity index is 3.81. The van der Waals surface area contributed by atoms with Crippen LogP contribution in [0.15, 0.2) is 17.9 Å². The fourth-order valence-corrected chi connectivity index (χ4v) is 0.342. The van der Waals surface area contributed by atoms with Crippen LogP contribution in [-0.2, 0) is 4.79 Å². The summed E-state index contributed by atoms with van der Waals surface area (Å²) in [6.07, 6.45) is 1.43. The van der Waals surface area contributed by atoms with Gasteiger partial charge in [0, 0.05) is 6.92 Å². The van der Waals surface area contributed by atoms with Gasteiger partial charge in [-0.15, -0.1) is 11.5 Å². The molecule has 9 heavy (non-hydrogen) atoms. The molecule has 0 spiro atoms. The molecule has 0 atom stereocenters. The van der Waals surface area contributed by atoms with E-state index >= 15 is 0 Å². The molecule has 0 bridgehead atoms. The van der Waals surface area contributed by atoms with Crippen molar-refractivity contribution in [2.45, 2.75) is 6.92 Å². The van der Waals surface area contributed by atoms with Gasteiger partial charge >= 0.3 is 0 Å². The van der Waals surface area contributed by atoms with Crippen molar-refractivity contribution < 1.29 is 4.79 Å². The van der Waals surface area contributed by atoms with E-state index in [1.54, 1.807) is 0 Å². The summed E-state index contributed by atoms with van der Waals surface area (Å²) in [5.74, 6) is -0.370. The highest BCUT2D eigenvalue weighted by atomic mass is 16.3. The van der Waals surface area contributed by atoms with Crippen LogP contribution in [0.3, 0.4) is 0 Å². The maximum atomic E-state index is 10.3. The largest absolute Gasteiger partial charge is 0.273 e. The first kappa shape index (κ1) is 7.81. The molecular formula is C5H8N2O2. The van der Waals surface area contributed by atoms with Crippen LogP contribution in [0.25, 0.3) is 0 Å². The van der Waals surface area contributed by atoms with Crippen LogP contribution in [0.5, 0.6) is 0 Å². The van der Waals surface area contributed by atoms with Crippen molar-refractivity contribution in [3.63, 3.8) is 0 Å². The summed E-state index contributed by atoms with van der Waals surface area (Å²) >= 11 is 0. The van der Waals surface area contributed by atoms with E-state index < -0.39 is 0 Å². The van der Waals surface area contributed by atoms with Gasteiger partial charge in [0.05, 0.1) is 11.8 Å². The lowest BCUT2D eigenvalue weighted by atomic mass is 10.5. The van der Waals surface area contributed by atoms with Crippen LogP contribution < -0.4 is 0 Å². The summed E-state index contributed by atoms with van der Waals surface area (Å²) in [6.45, 7) is 4.79. The average molecular weight is 128 g/mol. The van der Waals surface area contributed by atoms with E-state index in [4.69, 9.17) is 0 Å². The number of nitrogens with zero attached hydrogens (tertiary/aromatic N) is 2. The molecule has 50 valence electrons. The van der Waals surface area contributed by atoms with Gasteiger partial charge in [-0.2, -0.15) is 5.01 Å². The van der Waals surface area contributed by atoms with E-state index in [1.807, 2.05) is 0 Å². The summed E-state index contributed by atoms with van der Waals surface area (Å²) in [5.41, 5.74) is 0. The number of amides is 1. The molecule has 0 aromatic carbocycles. The molecule has 0 saturated heterocycles. The standard InChI is InChI=1S/C5H8N2O2/c1-3-4-7(6-9)5(2)8/h3H,1,4H2,2H3. The molecule has 4 nitrogen and oxygen atoms in total. The SMILES string of the molecule is C=CCN(N=O)C(C)=O. The molecule has 0 aliphatic rings. The number of carbonyl (C=O) groups is 1. The van der Waals surface area contributed by atoms with Crippen LogP contribution >= 0.6 is 0 Å². The topological polar surface area (TPSA) is 49.7 Å². The zero-order valence-electron chi connectivity index (χ0n) is 5.20. The molecule has 0 aliphatic heterocycles. The predicted molar refractivity (Wildman–Crippen MR) is 33.4 cm³/mol. The van der Waals surface area contributed by atoms with Crippen molar-refractivity contribution >= 4 is 5.91 Å². The Labute approximate surface area is 53.1 Å². The summed E-state index contributed by atoms with van der Waals surface area (Å²) in [5, 5.41) is 3.22. The molecule has 0 saturated carbocycles. The minimum absolute atomic E-state index is 0.179. The van der Waals surface area contributed by atoms with E-state index in [9.17, 15) is 9.70 Å². The van der Waals surface area contributed by atoms with Crippen LogP contribution in [-0.4, -0.2) is 17.5 Å². The Morgan fingerprint density at radius 1 is 1.89 bits per heavy atom. The molecule has 1 amide bonds. The molecule has 0 aromatic heterocycles. The lowest BCUT2D eigenvalue weighted by Crippen LogP contribution is -2.21. The maximum absolute atomic E-state index is 10.3. The zero-order valence-corrected chi connectivity index (χ0v) is 5.20. The smallest absolute Gasteiger partial charge is 0.242 e. The van der Waals surface area contributed by atoms with Crippen molar-refractivity contribution in [3.8, 4) is 0 Å². The van der Waals surface area contributed by atoms with E-state index in [2.05, 4.69) is 11.9 Å². The number of hydrogen-bond acceptors (Lipinski definition) is 3. The van der Waals surface area contributed by atoms with Crippen molar-refractivity contribution in [3.05, 3.63) is 17.6 Å². The quantitative estimate of drug-likeness (QED) is 0.319. The number of hydrogen-bond donors (Lipinski definition) is 0.